The Morgan fingerprint density at radius 3 is 1.93 bits per heavy atom. The average Bonchev–Trinajstić information content (AvgIpc) is 3.76. The Hall–Kier alpha value is -5.77. The Morgan fingerprint density at radius 2 is 1.23 bits per heavy atom. The van der Waals surface area contributed by atoms with Gasteiger partial charge in [-0.3, -0.25) is 4.57 Å². The first-order valence-electron chi connectivity index (χ1n) is 20.6. The van der Waals surface area contributed by atoms with Gasteiger partial charge in [-0.1, -0.05) is 152 Å². The van der Waals surface area contributed by atoms with Crippen LogP contribution in [0.4, 0.5) is 0 Å². The van der Waals surface area contributed by atoms with Crippen molar-refractivity contribution < 1.29 is 26.2 Å². The van der Waals surface area contributed by atoms with E-state index < -0.39 is 0 Å². The molecule has 60 heavy (non-hydrogen) atoms. The molecule has 0 atom stereocenters. The summed E-state index contributed by atoms with van der Waals surface area (Å²) in [5, 5.41) is 14.7. The van der Waals surface area contributed by atoms with Gasteiger partial charge in [0, 0.05) is 43.9 Å². The molecule has 304 valence electrons. The van der Waals surface area contributed by atoms with E-state index in [4.69, 9.17) is 9.97 Å². The van der Waals surface area contributed by atoms with E-state index >= 15 is 0 Å². The fourth-order valence-corrected chi connectivity index (χ4v) is 8.37. The van der Waals surface area contributed by atoms with Crippen LogP contribution in [0.3, 0.4) is 0 Å². The topological polar surface area (TPSA) is 55.9 Å². The van der Waals surface area contributed by atoms with Crippen LogP contribution in [0.25, 0.3) is 78.0 Å². The molecule has 0 unspecified atom stereocenters. The van der Waals surface area contributed by atoms with Crippen molar-refractivity contribution in [3.05, 3.63) is 162 Å². The number of para-hydroxylation sites is 2. The van der Waals surface area contributed by atoms with Crippen LogP contribution in [0.2, 0.25) is 0 Å². The molecule has 0 saturated carbocycles. The predicted octanol–water partition coefficient (Wildman–Crippen LogP) is 13.9. The van der Waals surface area contributed by atoms with Gasteiger partial charge in [0.15, 0.2) is 0 Å². The molecule has 6 aromatic carbocycles. The van der Waals surface area contributed by atoms with Crippen LogP contribution in [-0.2, 0) is 37.3 Å². The van der Waals surface area contributed by atoms with Crippen molar-refractivity contribution in [2.24, 2.45) is 0 Å². The summed E-state index contributed by atoms with van der Waals surface area (Å²) >= 11 is 0. The number of hydrogen-bond donors (Lipinski definition) is 1. The number of rotatable bonds is 5. The number of nitrogens with zero attached hydrogens (tertiary/aromatic N) is 4. The Kier molecular flexibility index (Phi) is 10.3. The monoisotopic (exact) mass is 966 g/mol. The molecule has 5 nitrogen and oxygen atoms in total. The third kappa shape index (κ3) is 7.07. The Bertz CT molecular complexity index is 3050. The molecule has 0 amide bonds. The van der Waals surface area contributed by atoms with E-state index in [0.29, 0.717) is 11.4 Å². The first-order chi connectivity index (χ1) is 28.1. The average molecular weight is 967 g/mol. The molecule has 0 radical (unpaired) electrons. The van der Waals surface area contributed by atoms with E-state index in [2.05, 4.69) is 193 Å². The Balaban J connectivity index is 0.00000499. The number of aromatic hydroxyl groups is 1. The Morgan fingerprint density at radius 1 is 0.550 bits per heavy atom. The number of hydrogen-bond acceptors (Lipinski definition) is 3. The van der Waals surface area contributed by atoms with Gasteiger partial charge in [-0.25, -0.2) is 9.97 Å². The quantitative estimate of drug-likeness (QED) is 0.175. The summed E-state index contributed by atoms with van der Waals surface area (Å²) in [7, 11) is 0. The SMILES string of the molecule is CC(C)(C)c1ccc(-n2c(-c3cc(C(C)(C)C)cc(C(C)(C)C)c3O)nc3c(-c4[c-]c5c(cc4)c4ccccc4n5-c4ccccn4)cccc32)c(-c2ccccc2)c1.[Pt]. The molecule has 3 heterocycles. The number of pyridine rings is 1. The summed E-state index contributed by atoms with van der Waals surface area (Å²) in [6.07, 6.45) is 1.83. The molecule has 0 spiro atoms. The third-order valence-electron chi connectivity index (χ3n) is 11.7. The zero-order valence-corrected chi connectivity index (χ0v) is 38.1. The fraction of sp³-hybridized carbons (Fsp3) is 0.222. The van der Waals surface area contributed by atoms with Gasteiger partial charge >= 0.3 is 0 Å². The molecule has 0 aliphatic heterocycles. The zero-order chi connectivity index (χ0) is 41.4. The number of benzene rings is 6. The smallest absolute Gasteiger partial charge is 0.148 e. The summed E-state index contributed by atoms with van der Waals surface area (Å²) in [6, 6.07) is 50.8. The number of imidazole rings is 1. The second kappa shape index (κ2) is 15.0. The predicted molar refractivity (Wildman–Crippen MR) is 246 cm³/mol. The van der Waals surface area contributed by atoms with Gasteiger partial charge in [0.2, 0.25) is 0 Å². The van der Waals surface area contributed by atoms with Crippen molar-refractivity contribution >= 4 is 32.8 Å². The van der Waals surface area contributed by atoms with E-state index in [1.807, 2.05) is 24.4 Å². The van der Waals surface area contributed by atoms with Gasteiger partial charge in [-0.05, 0) is 86.3 Å². The van der Waals surface area contributed by atoms with Crippen molar-refractivity contribution in [3.8, 4) is 50.9 Å². The van der Waals surface area contributed by atoms with Crippen molar-refractivity contribution in [2.75, 3.05) is 0 Å². The molecular formula is C54H51N4OPt-. The molecule has 0 aliphatic carbocycles. The van der Waals surface area contributed by atoms with Crippen molar-refractivity contribution in [1.82, 2.24) is 19.1 Å². The molecule has 9 aromatic rings. The second-order valence-corrected chi connectivity index (χ2v) is 18.9. The minimum Gasteiger partial charge on any atom is -0.507 e. The van der Waals surface area contributed by atoms with Crippen LogP contribution in [0.1, 0.15) is 79.0 Å². The van der Waals surface area contributed by atoms with Crippen molar-refractivity contribution in [1.29, 1.82) is 0 Å². The Labute approximate surface area is 368 Å². The standard InChI is InChI=1S/C54H51N4O.Pt/c1-52(2,3)36-26-28-45(41(31-36)34-18-11-10-12-19-34)58-46-23-17-21-38(49(46)56-51(58)42-32-37(53(4,5)6)33-43(50(42)59)54(7,8)9)35-25-27-40-39-20-13-14-22-44(39)57(47(40)30-35)48-24-15-16-29-55-48;/h10-29,31-33,59H,1-9H3;/q-1;. The molecule has 0 saturated heterocycles. The van der Waals surface area contributed by atoms with E-state index in [0.717, 1.165) is 77.7 Å². The normalized spacial score (nSPS) is 12.3. The second-order valence-electron chi connectivity index (χ2n) is 18.9. The van der Waals surface area contributed by atoms with Crippen LogP contribution in [0.5, 0.6) is 5.75 Å². The van der Waals surface area contributed by atoms with Gasteiger partial charge in [0.1, 0.15) is 17.4 Å². The van der Waals surface area contributed by atoms with Gasteiger partial charge in [-0.2, -0.15) is 0 Å². The van der Waals surface area contributed by atoms with E-state index in [9.17, 15) is 5.11 Å². The van der Waals surface area contributed by atoms with E-state index in [-0.39, 0.29) is 43.1 Å². The summed E-state index contributed by atoms with van der Waals surface area (Å²) in [4.78, 5) is 10.4. The molecule has 3 aromatic heterocycles. The van der Waals surface area contributed by atoms with Gasteiger partial charge < -0.3 is 9.67 Å². The van der Waals surface area contributed by atoms with Gasteiger partial charge in [0.25, 0.3) is 0 Å². The number of phenolic OH excluding ortho intramolecular Hbond substituents is 1. The van der Waals surface area contributed by atoms with E-state index in [1.165, 1.54) is 5.56 Å². The van der Waals surface area contributed by atoms with Gasteiger partial charge in [-0.15, -0.1) is 23.8 Å². The summed E-state index contributed by atoms with van der Waals surface area (Å²) in [6.45, 7) is 19.9. The summed E-state index contributed by atoms with van der Waals surface area (Å²) in [5.74, 6) is 1.78. The van der Waals surface area contributed by atoms with Crippen LogP contribution in [0.15, 0.2) is 140 Å². The van der Waals surface area contributed by atoms with Crippen molar-refractivity contribution in [2.45, 2.75) is 78.6 Å². The zero-order valence-electron chi connectivity index (χ0n) is 35.8. The summed E-state index contributed by atoms with van der Waals surface area (Å²) < 4.78 is 4.47. The number of fused-ring (bicyclic) bond motifs is 4. The van der Waals surface area contributed by atoms with Crippen LogP contribution in [-0.4, -0.2) is 24.2 Å². The fourth-order valence-electron chi connectivity index (χ4n) is 8.37. The molecule has 0 aliphatic rings. The van der Waals surface area contributed by atoms with Crippen LogP contribution >= 0.6 is 0 Å². The molecule has 1 N–H and O–H groups in total. The molecular weight excluding hydrogens is 916 g/mol. The molecule has 6 heteroatoms. The molecule has 9 rings (SSSR count). The minimum absolute atomic E-state index is 0. The largest absolute Gasteiger partial charge is 0.507 e. The minimum atomic E-state index is -0.317. The maximum atomic E-state index is 12.4. The van der Waals surface area contributed by atoms with Crippen LogP contribution < -0.4 is 0 Å². The summed E-state index contributed by atoms with van der Waals surface area (Å²) in [5.41, 5.74) is 12.3. The van der Waals surface area contributed by atoms with Crippen molar-refractivity contribution in [3.63, 3.8) is 0 Å². The molecule has 0 fully saturated rings. The first-order valence-corrected chi connectivity index (χ1v) is 20.6. The van der Waals surface area contributed by atoms with Crippen LogP contribution in [0, 0.1) is 6.07 Å². The van der Waals surface area contributed by atoms with Gasteiger partial charge in [0.05, 0.1) is 22.3 Å². The maximum Gasteiger partial charge on any atom is 0.148 e. The van der Waals surface area contributed by atoms with E-state index in [1.54, 1.807) is 0 Å². The third-order valence-corrected chi connectivity index (χ3v) is 11.7. The number of aromatic nitrogens is 4. The number of phenols is 1. The molecule has 0 bridgehead atoms. The maximum absolute atomic E-state index is 12.4. The first kappa shape index (κ1) is 41.0.